The van der Waals surface area contributed by atoms with Crippen molar-refractivity contribution in [3.05, 3.63) is 89.0 Å². The third-order valence-electron chi connectivity index (χ3n) is 6.17. The lowest BCUT2D eigenvalue weighted by Crippen LogP contribution is -2.38. The minimum Gasteiger partial charge on any atom is -0.493 e. The number of carbonyl (C=O) groups is 2. The summed E-state index contributed by atoms with van der Waals surface area (Å²) in [6.45, 7) is 1.42. The van der Waals surface area contributed by atoms with E-state index in [9.17, 15) is 9.59 Å². The topological polar surface area (TPSA) is 93.9 Å². The first kappa shape index (κ1) is 23.3. The smallest absolute Gasteiger partial charge is 0.248 e. The Morgan fingerprint density at radius 1 is 1.00 bits per heavy atom. The summed E-state index contributed by atoms with van der Waals surface area (Å²) in [4.78, 5) is 26.3. The Balaban J connectivity index is 1.53. The molecule has 34 heavy (non-hydrogen) atoms. The van der Waals surface area contributed by atoms with E-state index in [1.165, 1.54) is 5.56 Å². The number of anilines is 1. The van der Waals surface area contributed by atoms with Crippen LogP contribution in [0.25, 0.3) is 0 Å². The molecule has 0 saturated carbocycles. The van der Waals surface area contributed by atoms with E-state index in [2.05, 4.69) is 34.5 Å². The van der Waals surface area contributed by atoms with E-state index in [-0.39, 0.29) is 11.9 Å². The number of hydrogen-bond acceptors (Lipinski definition) is 5. The van der Waals surface area contributed by atoms with Gasteiger partial charge in [-0.25, -0.2) is 0 Å². The summed E-state index contributed by atoms with van der Waals surface area (Å²) in [5.74, 6) is 0.839. The summed E-state index contributed by atoms with van der Waals surface area (Å²) in [6.07, 6.45) is 1.19. The summed E-state index contributed by atoms with van der Waals surface area (Å²) >= 11 is 0. The van der Waals surface area contributed by atoms with Gasteiger partial charge in [-0.05, 0) is 59.5 Å². The Morgan fingerprint density at radius 2 is 1.68 bits per heavy atom. The molecule has 0 fully saturated rings. The van der Waals surface area contributed by atoms with Gasteiger partial charge < -0.3 is 20.5 Å². The fraction of sp³-hybridized carbons (Fsp3) is 0.259. The predicted molar refractivity (Wildman–Crippen MR) is 131 cm³/mol. The molecule has 1 heterocycles. The molecule has 4 rings (SSSR count). The number of nitrogens with two attached hydrogens (primary N) is 1. The highest BCUT2D eigenvalue weighted by molar-refractivity contribution is 5.94. The Kier molecular flexibility index (Phi) is 7.13. The maximum atomic E-state index is 12.7. The van der Waals surface area contributed by atoms with Gasteiger partial charge in [0.2, 0.25) is 11.8 Å². The van der Waals surface area contributed by atoms with Gasteiger partial charge in [0.25, 0.3) is 0 Å². The van der Waals surface area contributed by atoms with Crippen LogP contribution in [0.1, 0.15) is 39.5 Å². The number of fused-ring (bicyclic) bond motifs is 1. The molecular weight excluding hydrogens is 430 g/mol. The molecule has 0 bridgehead atoms. The van der Waals surface area contributed by atoms with Gasteiger partial charge in [0.15, 0.2) is 11.5 Å². The van der Waals surface area contributed by atoms with Crippen LogP contribution in [0.4, 0.5) is 5.69 Å². The van der Waals surface area contributed by atoms with Crippen molar-refractivity contribution in [3.8, 4) is 11.5 Å². The van der Waals surface area contributed by atoms with Crippen molar-refractivity contribution in [1.82, 2.24) is 4.90 Å². The second-order valence-corrected chi connectivity index (χ2v) is 8.24. The van der Waals surface area contributed by atoms with Crippen LogP contribution in [-0.2, 0) is 11.2 Å². The van der Waals surface area contributed by atoms with Crippen LogP contribution < -0.4 is 20.5 Å². The Morgan fingerprint density at radius 3 is 2.32 bits per heavy atom. The lowest BCUT2D eigenvalue weighted by molar-refractivity contribution is -0.116. The van der Waals surface area contributed by atoms with Crippen LogP contribution in [0.3, 0.4) is 0 Å². The number of primary amides is 1. The highest BCUT2D eigenvalue weighted by atomic mass is 16.5. The van der Waals surface area contributed by atoms with Crippen molar-refractivity contribution in [2.24, 2.45) is 5.73 Å². The van der Waals surface area contributed by atoms with Gasteiger partial charge in [0.05, 0.1) is 20.3 Å². The standard InChI is InChI=1S/C27H29N3O4/c1-33-23-16-20-12-14-30(15-13-25(31)29-21-10-8-19(9-11-21)27(28)32)26(18-6-4-3-5-7-18)22(20)17-24(23)34-2/h3-11,16-17,26H,12-15H2,1-2H3,(H2,28,32)(H,29,31). The minimum absolute atomic E-state index is 0.00686. The van der Waals surface area contributed by atoms with Crippen LogP contribution in [0.2, 0.25) is 0 Å². The minimum atomic E-state index is -0.496. The third-order valence-corrected chi connectivity index (χ3v) is 6.17. The highest BCUT2D eigenvalue weighted by Gasteiger charge is 2.30. The van der Waals surface area contributed by atoms with Gasteiger partial charge in [-0.2, -0.15) is 0 Å². The van der Waals surface area contributed by atoms with E-state index in [1.807, 2.05) is 18.2 Å². The average molecular weight is 460 g/mol. The molecule has 7 heteroatoms. The fourth-order valence-electron chi connectivity index (χ4n) is 4.45. The van der Waals surface area contributed by atoms with Gasteiger partial charge in [-0.3, -0.25) is 14.5 Å². The van der Waals surface area contributed by atoms with Crippen molar-refractivity contribution >= 4 is 17.5 Å². The van der Waals surface area contributed by atoms with E-state index in [1.54, 1.807) is 38.5 Å². The first-order chi connectivity index (χ1) is 16.5. The fourth-order valence-corrected chi connectivity index (χ4v) is 4.45. The molecule has 1 unspecified atom stereocenters. The van der Waals surface area contributed by atoms with Crippen molar-refractivity contribution in [1.29, 1.82) is 0 Å². The average Bonchev–Trinajstić information content (AvgIpc) is 2.87. The van der Waals surface area contributed by atoms with E-state index >= 15 is 0 Å². The van der Waals surface area contributed by atoms with Crippen molar-refractivity contribution in [2.75, 3.05) is 32.6 Å². The van der Waals surface area contributed by atoms with Crippen molar-refractivity contribution in [2.45, 2.75) is 18.9 Å². The first-order valence-corrected chi connectivity index (χ1v) is 11.2. The summed E-state index contributed by atoms with van der Waals surface area (Å²) in [6, 6.07) is 21.0. The lowest BCUT2D eigenvalue weighted by Gasteiger charge is -2.38. The largest absolute Gasteiger partial charge is 0.493 e. The second kappa shape index (κ2) is 10.4. The maximum Gasteiger partial charge on any atom is 0.248 e. The number of methoxy groups -OCH3 is 2. The predicted octanol–water partition coefficient (Wildman–Crippen LogP) is 3.78. The Hall–Kier alpha value is -3.84. The molecule has 3 aromatic rings. The van der Waals surface area contributed by atoms with Crippen LogP contribution in [0.5, 0.6) is 11.5 Å². The van der Waals surface area contributed by atoms with E-state index in [0.29, 0.717) is 30.0 Å². The maximum absolute atomic E-state index is 12.7. The van der Waals surface area contributed by atoms with Crippen LogP contribution in [0.15, 0.2) is 66.7 Å². The Bertz CT molecular complexity index is 1160. The molecular formula is C27H29N3O4. The molecule has 7 nitrogen and oxygen atoms in total. The van der Waals surface area contributed by atoms with Crippen LogP contribution in [-0.4, -0.2) is 44.0 Å². The van der Waals surface area contributed by atoms with E-state index < -0.39 is 5.91 Å². The molecule has 0 aromatic heterocycles. The second-order valence-electron chi connectivity index (χ2n) is 8.24. The van der Waals surface area contributed by atoms with Gasteiger partial charge in [-0.1, -0.05) is 30.3 Å². The normalized spacial score (nSPS) is 15.3. The molecule has 3 aromatic carbocycles. The number of amides is 2. The van der Waals surface area contributed by atoms with E-state index in [0.717, 1.165) is 29.8 Å². The Labute approximate surface area is 199 Å². The molecule has 176 valence electrons. The number of ether oxygens (including phenoxy) is 2. The molecule has 0 radical (unpaired) electrons. The summed E-state index contributed by atoms with van der Waals surface area (Å²) in [5.41, 5.74) is 9.87. The lowest BCUT2D eigenvalue weighted by atomic mass is 9.87. The number of nitrogens with one attached hydrogen (secondary N) is 1. The van der Waals surface area contributed by atoms with Gasteiger partial charge in [0, 0.05) is 30.8 Å². The summed E-state index contributed by atoms with van der Waals surface area (Å²) in [7, 11) is 3.29. The number of benzene rings is 3. The van der Waals surface area contributed by atoms with Crippen LogP contribution >= 0.6 is 0 Å². The quantitative estimate of drug-likeness (QED) is 0.535. The van der Waals surface area contributed by atoms with Gasteiger partial charge in [0.1, 0.15) is 0 Å². The molecule has 1 aliphatic rings. The SMILES string of the molecule is COc1cc2c(cc1OC)C(c1ccccc1)N(CCC(=O)Nc1ccc(C(N)=O)cc1)CC2. The van der Waals surface area contributed by atoms with Gasteiger partial charge in [-0.15, -0.1) is 0 Å². The number of carbonyl (C=O) groups excluding carboxylic acids is 2. The molecule has 3 N–H and O–H groups in total. The van der Waals surface area contributed by atoms with Crippen molar-refractivity contribution < 1.29 is 19.1 Å². The molecule has 2 amide bonds. The highest BCUT2D eigenvalue weighted by Crippen LogP contribution is 2.41. The molecule has 1 aliphatic heterocycles. The molecule has 0 spiro atoms. The first-order valence-electron chi connectivity index (χ1n) is 11.2. The molecule has 0 saturated heterocycles. The summed E-state index contributed by atoms with van der Waals surface area (Å²) in [5, 5.41) is 2.90. The van der Waals surface area contributed by atoms with Crippen molar-refractivity contribution in [3.63, 3.8) is 0 Å². The number of nitrogens with zero attached hydrogens (tertiary/aromatic N) is 1. The van der Waals surface area contributed by atoms with E-state index in [4.69, 9.17) is 15.2 Å². The number of hydrogen-bond donors (Lipinski definition) is 2. The summed E-state index contributed by atoms with van der Waals surface area (Å²) < 4.78 is 11.1. The number of rotatable bonds is 8. The van der Waals surface area contributed by atoms with Gasteiger partial charge >= 0.3 is 0 Å². The van der Waals surface area contributed by atoms with Crippen LogP contribution in [0, 0.1) is 0 Å². The zero-order chi connectivity index (χ0) is 24.1. The monoisotopic (exact) mass is 459 g/mol. The molecule has 0 aliphatic carbocycles. The third kappa shape index (κ3) is 5.05. The zero-order valence-corrected chi connectivity index (χ0v) is 19.4. The zero-order valence-electron chi connectivity index (χ0n) is 19.4. The molecule has 1 atom stereocenters.